The lowest BCUT2D eigenvalue weighted by Crippen LogP contribution is -2.49. The smallest absolute Gasteiger partial charge is 0.261 e. The van der Waals surface area contributed by atoms with Crippen LogP contribution in [0.3, 0.4) is 0 Å². The van der Waals surface area contributed by atoms with Gasteiger partial charge in [0.05, 0.1) is 4.88 Å². The van der Waals surface area contributed by atoms with E-state index in [-0.39, 0.29) is 11.8 Å². The Bertz CT molecular complexity index is 376. The van der Waals surface area contributed by atoms with Crippen LogP contribution in [-0.4, -0.2) is 17.9 Å². The van der Waals surface area contributed by atoms with E-state index in [0.717, 1.165) is 0 Å². The highest BCUT2D eigenvalue weighted by molar-refractivity contribution is 7.12. The van der Waals surface area contributed by atoms with Crippen molar-refractivity contribution in [1.29, 1.82) is 0 Å². The van der Waals surface area contributed by atoms with Gasteiger partial charge in [0.2, 0.25) is 0 Å². The molecule has 0 aromatic carbocycles. The molecule has 0 aliphatic carbocycles. The number of hydrogen-bond donors (Lipinski definition) is 3. The molecule has 1 atom stereocenters. The van der Waals surface area contributed by atoms with Crippen molar-refractivity contribution in [3.05, 3.63) is 22.4 Å². The molecule has 94 valence electrons. The number of rotatable bonds is 5. The van der Waals surface area contributed by atoms with Gasteiger partial charge in [0.1, 0.15) is 6.04 Å². The first-order valence-electron chi connectivity index (χ1n) is 5.39. The quantitative estimate of drug-likeness (QED) is 0.415. The fourth-order valence-corrected chi connectivity index (χ4v) is 2.07. The molecule has 1 aromatic rings. The normalized spacial score (nSPS) is 12.2. The molecule has 1 heterocycles. The highest BCUT2D eigenvalue weighted by Gasteiger charge is 2.21. The summed E-state index contributed by atoms with van der Waals surface area (Å²) in [5.74, 6) is 4.77. The number of hydrazine groups is 1. The molecule has 0 saturated carbocycles. The van der Waals surface area contributed by atoms with Crippen molar-refractivity contribution in [2.24, 2.45) is 11.8 Å². The van der Waals surface area contributed by atoms with Crippen LogP contribution in [0.4, 0.5) is 0 Å². The van der Waals surface area contributed by atoms with E-state index in [1.807, 2.05) is 19.2 Å². The number of nitrogens with two attached hydrogens (primary N) is 1. The highest BCUT2D eigenvalue weighted by atomic mass is 32.1. The Labute approximate surface area is 104 Å². The minimum Gasteiger partial charge on any atom is -0.339 e. The van der Waals surface area contributed by atoms with Gasteiger partial charge in [-0.3, -0.25) is 15.0 Å². The second-order valence-corrected chi connectivity index (χ2v) is 5.09. The summed E-state index contributed by atoms with van der Waals surface area (Å²) in [6, 6.07) is 2.92. The Morgan fingerprint density at radius 1 is 1.47 bits per heavy atom. The van der Waals surface area contributed by atoms with Crippen molar-refractivity contribution in [3.63, 3.8) is 0 Å². The van der Waals surface area contributed by atoms with Gasteiger partial charge in [-0.1, -0.05) is 19.9 Å². The van der Waals surface area contributed by atoms with Crippen molar-refractivity contribution >= 4 is 23.2 Å². The van der Waals surface area contributed by atoms with Gasteiger partial charge in [-0.25, -0.2) is 5.84 Å². The molecular formula is C11H17N3O2S. The second kappa shape index (κ2) is 6.36. The molecular weight excluding hydrogens is 238 g/mol. The predicted octanol–water partition coefficient (Wildman–Crippen LogP) is 0.883. The summed E-state index contributed by atoms with van der Waals surface area (Å²) >= 11 is 1.34. The molecule has 6 heteroatoms. The van der Waals surface area contributed by atoms with Crippen molar-refractivity contribution in [2.45, 2.75) is 26.3 Å². The Morgan fingerprint density at radius 2 is 2.18 bits per heavy atom. The van der Waals surface area contributed by atoms with Gasteiger partial charge < -0.3 is 5.32 Å². The molecule has 2 amide bonds. The highest BCUT2D eigenvalue weighted by Crippen LogP contribution is 2.10. The molecule has 1 rings (SSSR count). The zero-order valence-electron chi connectivity index (χ0n) is 9.90. The summed E-state index contributed by atoms with van der Waals surface area (Å²) in [7, 11) is 0. The molecule has 0 spiro atoms. The van der Waals surface area contributed by atoms with E-state index in [0.29, 0.717) is 17.2 Å². The SMILES string of the molecule is CC(C)C[C@@H](NC(=O)c1cccs1)C(=O)NN. The topological polar surface area (TPSA) is 84.2 Å². The molecule has 0 unspecified atom stereocenters. The zero-order valence-corrected chi connectivity index (χ0v) is 10.7. The average Bonchev–Trinajstić information content (AvgIpc) is 2.79. The number of nitrogens with one attached hydrogen (secondary N) is 2. The van der Waals surface area contributed by atoms with Gasteiger partial charge in [-0.2, -0.15) is 0 Å². The largest absolute Gasteiger partial charge is 0.339 e. The summed E-state index contributed by atoms with van der Waals surface area (Å²) < 4.78 is 0. The van der Waals surface area contributed by atoms with Gasteiger partial charge in [-0.15, -0.1) is 11.3 Å². The van der Waals surface area contributed by atoms with Crippen LogP contribution in [-0.2, 0) is 4.79 Å². The molecule has 5 nitrogen and oxygen atoms in total. The lowest BCUT2D eigenvalue weighted by molar-refractivity contribution is -0.123. The molecule has 0 saturated heterocycles. The molecule has 4 N–H and O–H groups in total. The van der Waals surface area contributed by atoms with E-state index < -0.39 is 6.04 Å². The van der Waals surface area contributed by atoms with Gasteiger partial charge >= 0.3 is 0 Å². The minimum absolute atomic E-state index is 0.241. The van der Waals surface area contributed by atoms with Crippen molar-refractivity contribution in [1.82, 2.24) is 10.7 Å². The van der Waals surface area contributed by atoms with Crippen molar-refractivity contribution in [3.8, 4) is 0 Å². The van der Waals surface area contributed by atoms with E-state index in [1.165, 1.54) is 11.3 Å². The number of carbonyl (C=O) groups excluding carboxylic acids is 2. The maximum Gasteiger partial charge on any atom is 0.261 e. The first-order chi connectivity index (χ1) is 8.04. The van der Waals surface area contributed by atoms with Crippen LogP contribution >= 0.6 is 11.3 Å². The Morgan fingerprint density at radius 3 is 2.65 bits per heavy atom. The predicted molar refractivity (Wildman–Crippen MR) is 67.4 cm³/mol. The summed E-state index contributed by atoms with van der Waals surface area (Å²) in [5.41, 5.74) is 2.07. The van der Waals surface area contributed by atoms with Crippen LogP contribution in [0.2, 0.25) is 0 Å². The van der Waals surface area contributed by atoms with Crippen molar-refractivity contribution < 1.29 is 9.59 Å². The van der Waals surface area contributed by atoms with Crippen LogP contribution in [0.5, 0.6) is 0 Å². The zero-order chi connectivity index (χ0) is 12.8. The Kier molecular flexibility index (Phi) is 5.11. The lowest BCUT2D eigenvalue weighted by Gasteiger charge is -2.18. The maximum atomic E-state index is 11.8. The average molecular weight is 255 g/mol. The standard InChI is InChI=1S/C11H17N3O2S/c1-7(2)6-8(10(15)14-12)13-11(16)9-4-3-5-17-9/h3-5,7-8H,6,12H2,1-2H3,(H,13,16)(H,14,15)/t8-/m1/s1. The summed E-state index contributed by atoms with van der Waals surface area (Å²) in [6.07, 6.45) is 0.556. The van der Waals surface area contributed by atoms with Gasteiger partial charge in [0.25, 0.3) is 11.8 Å². The van der Waals surface area contributed by atoms with E-state index in [2.05, 4.69) is 10.7 Å². The third-order valence-electron chi connectivity index (χ3n) is 2.22. The fourth-order valence-electron chi connectivity index (χ4n) is 1.44. The maximum absolute atomic E-state index is 11.8. The third kappa shape index (κ3) is 4.16. The molecule has 17 heavy (non-hydrogen) atoms. The molecule has 0 bridgehead atoms. The molecule has 1 aromatic heterocycles. The van der Waals surface area contributed by atoms with Gasteiger partial charge in [-0.05, 0) is 23.8 Å². The van der Waals surface area contributed by atoms with Crippen LogP contribution < -0.4 is 16.6 Å². The molecule has 0 aliphatic heterocycles. The summed E-state index contributed by atoms with van der Waals surface area (Å²) in [5, 5.41) is 4.50. The monoisotopic (exact) mass is 255 g/mol. The van der Waals surface area contributed by atoms with Crippen LogP contribution in [0, 0.1) is 5.92 Å². The first kappa shape index (κ1) is 13.7. The Balaban J connectivity index is 2.66. The van der Waals surface area contributed by atoms with E-state index in [1.54, 1.807) is 12.1 Å². The summed E-state index contributed by atoms with van der Waals surface area (Å²) in [4.78, 5) is 23.9. The van der Waals surface area contributed by atoms with E-state index in [9.17, 15) is 9.59 Å². The minimum atomic E-state index is -0.588. The number of hydrogen-bond acceptors (Lipinski definition) is 4. The second-order valence-electron chi connectivity index (χ2n) is 4.14. The first-order valence-corrected chi connectivity index (χ1v) is 6.27. The van der Waals surface area contributed by atoms with Gasteiger partial charge in [0, 0.05) is 0 Å². The van der Waals surface area contributed by atoms with Gasteiger partial charge in [0.15, 0.2) is 0 Å². The van der Waals surface area contributed by atoms with E-state index >= 15 is 0 Å². The summed E-state index contributed by atoms with van der Waals surface area (Å²) in [6.45, 7) is 3.96. The molecule has 0 radical (unpaired) electrons. The molecule has 0 aliphatic rings. The number of thiophene rings is 1. The third-order valence-corrected chi connectivity index (χ3v) is 3.08. The molecule has 0 fully saturated rings. The Hall–Kier alpha value is -1.40. The number of carbonyl (C=O) groups is 2. The number of amides is 2. The van der Waals surface area contributed by atoms with E-state index in [4.69, 9.17) is 5.84 Å². The van der Waals surface area contributed by atoms with Crippen LogP contribution in [0.25, 0.3) is 0 Å². The lowest BCUT2D eigenvalue weighted by atomic mass is 10.0. The van der Waals surface area contributed by atoms with Crippen LogP contribution in [0.1, 0.15) is 29.9 Å². The van der Waals surface area contributed by atoms with Crippen LogP contribution in [0.15, 0.2) is 17.5 Å². The fraction of sp³-hybridized carbons (Fsp3) is 0.455. The van der Waals surface area contributed by atoms with Crippen molar-refractivity contribution in [2.75, 3.05) is 0 Å².